The quantitative estimate of drug-likeness (QED) is 0.840. The predicted molar refractivity (Wildman–Crippen MR) is 74.4 cm³/mol. The lowest BCUT2D eigenvalue weighted by molar-refractivity contribution is 0.419. The molecule has 0 atom stereocenters. The van der Waals surface area contributed by atoms with Crippen molar-refractivity contribution in [2.45, 2.75) is 26.3 Å². The van der Waals surface area contributed by atoms with Crippen molar-refractivity contribution >= 4 is 15.7 Å². The Morgan fingerprint density at radius 1 is 1.28 bits per heavy atom. The zero-order valence-corrected chi connectivity index (χ0v) is 11.9. The third kappa shape index (κ3) is 2.67. The standard InChI is InChI=1S/C13H20N2O2S/c1-11-6-4-5-7-12(11)15-10-13(2,3)14-8-9-18(15,16)17/h4-7,14H,8-10H2,1-3H3. The number of hydrogen-bond donors (Lipinski definition) is 1. The highest BCUT2D eigenvalue weighted by atomic mass is 32.2. The van der Waals surface area contributed by atoms with Crippen molar-refractivity contribution in [3.8, 4) is 0 Å². The van der Waals surface area contributed by atoms with Crippen LogP contribution < -0.4 is 9.62 Å². The zero-order valence-electron chi connectivity index (χ0n) is 11.1. The van der Waals surface area contributed by atoms with E-state index < -0.39 is 10.0 Å². The summed E-state index contributed by atoms with van der Waals surface area (Å²) < 4.78 is 26.2. The van der Waals surface area contributed by atoms with Crippen LogP contribution in [0.5, 0.6) is 0 Å². The average Bonchev–Trinajstić information content (AvgIpc) is 2.36. The zero-order chi connectivity index (χ0) is 13.4. The topological polar surface area (TPSA) is 49.4 Å². The Morgan fingerprint density at radius 3 is 2.61 bits per heavy atom. The molecule has 0 spiro atoms. The van der Waals surface area contributed by atoms with Gasteiger partial charge in [-0.2, -0.15) is 0 Å². The van der Waals surface area contributed by atoms with Crippen LogP contribution in [0.2, 0.25) is 0 Å². The molecule has 0 saturated carbocycles. The van der Waals surface area contributed by atoms with Gasteiger partial charge in [-0.3, -0.25) is 4.31 Å². The number of nitrogens with one attached hydrogen (secondary N) is 1. The fraction of sp³-hybridized carbons (Fsp3) is 0.538. The van der Waals surface area contributed by atoms with E-state index >= 15 is 0 Å². The molecular formula is C13H20N2O2S. The molecular weight excluding hydrogens is 248 g/mol. The fourth-order valence-electron chi connectivity index (χ4n) is 2.22. The lowest BCUT2D eigenvalue weighted by Gasteiger charge is -2.31. The minimum Gasteiger partial charge on any atom is -0.309 e. The fourth-order valence-corrected chi connectivity index (χ4v) is 3.82. The summed E-state index contributed by atoms with van der Waals surface area (Å²) in [5.41, 5.74) is 1.55. The Balaban J connectivity index is 2.48. The largest absolute Gasteiger partial charge is 0.309 e. The molecule has 2 rings (SSSR count). The van der Waals surface area contributed by atoms with Crippen LogP contribution >= 0.6 is 0 Å². The maximum atomic E-state index is 12.3. The normalized spacial score (nSPS) is 22.5. The Morgan fingerprint density at radius 2 is 1.94 bits per heavy atom. The van der Waals surface area contributed by atoms with E-state index in [1.54, 1.807) is 4.31 Å². The van der Waals surface area contributed by atoms with Gasteiger partial charge in [-0.15, -0.1) is 0 Å². The first-order valence-electron chi connectivity index (χ1n) is 6.13. The third-order valence-corrected chi connectivity index (χ3v) is 4.94. The van der Waals surface area contributed by atoms with Crippen LogP contribution in [0.25, 0.3) is 0 Å². The van der Waals surface area contributed by atoms with Crippen molar-refractivity contribution in [2.75, 3.05) is 23.1 Å². The molecule has 5 heteroatoms. The van der Waals surface area contributed by atoms with E-state index in [1.807, 2.05) is 45.0 Å². The third-order valence-electron chi connectivity index (χ3n) is 3.22. The van der Waals surface area contributed by atoms with Gasteiger partial charge in [-0.05, 0) is 32.4 Å². The minimum absolute atomic E-state index is 0.144. The first kappa shape index (κ1) is 13.4. The Bertz CT molecular complexity index is 538. The molecule has 1 aliphatic rings. The van der Waals surface area contributed by atoms with Crippen molar-refractivity contribution in [2.24, 2.45) is 0 Å². The first-order valence-corrected chi connectivity index (χ1v) is 7.74. The van der Waals surface area contributed by atoms with Crippen LogP contribution in [0, 0.1) is 6.92 Å². The van der Waals surface area contributed by atoms with Crippen molar-refractivity contribution in [3.63, 3.8) is 0 Å². The van der Waals surface area contributed by atoms with Gasteiger partial charge in [0.05, 0.1) is 18.0 Å². The molecule has 0 amide bonds. The molecule has 4 nitrogen and oxygen atoms in total. The summed E-state index contributed by atoms with van der Waals surface area (Å²) >= 11 is 0. The number of sulfonamides is 1. The second-order valence-electron chi connectivity index (χ2n) is 5.42. The van der Waals surface area contributed by atoms with Gasteiger partial charge in [0.2, 0.25) is 10.0 Å². The highest BCUT2D eigenvalue weighted by molar-refractivity contribution is 7.92. The van der Waals surface area contributed by atoms with E-state index in [0.29, 0.717) is 13.1 Å². The number of rotatable bonds is 1. The van der Waals surface area contributed by atoms with Crippen molar-refractivity contribution in [3.05, 3.63) is 29.8 Å². The lowest BCUT2D eigenvalue weighted by atomic mass is 10.1. The SMILES string of the molecule is Cc1ccccc1N1CC(C)(C)NCCS1(=O)=O. The number of hydrogen-bond acceptors (Lipinski definition) is 3. The van der Waals surface area contributed by atoms with Gasteiger partial charge in [-0.25, -0.2) is 8.42 Å². The summed E-state index contributed by atoms with van der Waals surface area (Å²) in [7, 11) is -3.24. The molecule has 1 aliphatic heterocycles. The van der Waals surface area contributed by atoms with Gasteiger partial charge in [0, 0.05) is 12.1 Å². The number of anilines is 1. The van der Waals surface area contributed by atoms with Gasteiger partial charge >= 0.3 is 0 Å². The molecule has 0 unspecified atom stereocenters. The molecule has 1 fully saturated rings. The number of nitrogens with zero attached hydrogens (tertiary/aromatic N) is 1. The van der Waals surface area contributed by atoms with E-state index in [2.05, 4.69) is 5.32 Å². The van der Waals surface area contributed by atoms with Crippen molar-refractivity contribution in [1.82, 2.24) is 5.32 Å². The Hall–Kier alpha value is -1.07. The minimum atomic E-state index is -3.24. The molecule has 1 saturated heterocycles. The Labute approximate surface area is 109 Å². The first-order chi connectivity index (χ1) is 8.32. The number of benzene rings is 1. The summed E-state index contributed by atoms with van der Waals surface area (Å²) in [6.07, 6.45) is 0. The average molecular weight is 268 g/mol. The van der Waals surface area contributed by atoms with E-state index in [-0.39, 0.29) is 11.3 Å². The molecule has 0 radical (unpaired) electrons. The van der Waals surface area contributed by atoms with Crippen LogP contribution in [0.3, 0.4) is 0 Å². The van der Waals surface area contributed by atoms with Crippen LogP contribution in [0.15, 0.2) is 24.3 Å². The van der Waals surface area contributed by atoms with Crippen LogP contribution in [0.4, 0.5) is 5.69 Å². The molecule has 1 aromatic rings. The van der Waals surface area contributed by atoms with E-state index in [0.717, 1.165) is 11.3 Å². The highest BCUT2D eigenvalue weighted by Crippen LogP contribution is 2.26. The van der Waals surface area contributed by atoms with Gasteiger partial charge < -0.3 is 5.32 Å². The van der Waals surface area contributed by atoms with E-state index in [1.165, 1.54) is 0 Å². The van der Waals surface area contributed by atoms with Crippen LogP contribution in [-0.4, -0.2) is 32.8 Å². The summed E-state index contributed by atoms with van der Waals surface area (Å²) in [5, 5.41) is 3.27. The summed E-state index contributed by atoms with van der Waals surface area (Å²) in [6.45, 7) is 6.95. The monoisotopic (exact) mass is 268 g/mol. The predicted octanol–water partition coefficient (Wildman–Crippen LogP) is 1.51. The van der Waals surface area contributed by atoms with Crippen LogP contribution in [0.1, 0.15) is 19.4 Å². The summed E-state index contributed by atoms with van der Waals surface area (Å²) in [4.78, 5) is 0. The molecule has 0 bridgehead atoms. The molecule has 18 heavy (non-hydrogen) atoms. The molecule has 0 aliphatic carbocycles. The van der Waals surface area contributed by atoms with Gasteiger partial charge in [0.15, 0.2) is 0 Å². The second kappa shape index (κ2) is 4.55. The lowest BCUT2D eigenvalue weighted by Crippen LogP contribution is -2.47. The number of para-hydroxylation sites is 1. The maximum Gasteiger partial charge on any atom is 0.236 e. The number of aryl methyl sites for hydroxylation is 1. The highest BCUT2D eigenvalue weighted by Gasteiger charge is 2.33. The van der Waals surface area contributed by atoms with E-state index in [4.69, 9.17) is 0 Å². The van der Waals surface area contributed by atoms with Gasteiger partial charge in [-0.1, -0.05) is 18.2 Å². The van der Waals surface area contributed by atoms with E-state index in [9.17, 15) is 8.42 Å². The summed E-state index contributed by atoms with van der Waals surface area (Å²) in [5.74, 6) is 0.144. The molecule has 1 heterocycles. The molecule has 1 aromatic carbocycles. The van der Waals surface area contributed by atoms with Crippen molar-refractivity contribution in [1.29, 1.82) is 0 Å². The Kier molecular flexibility index (Phi) is 3.38. The second-order valence-corrected chi connectivity index (χ2v) is 7.43. The molecule has 1 N–H and O–H groups in total. The van der Waals surface area contributed by atoms with Gasteiger partial charge in [0.1, 0.15) is 0 Å². The van der Waals surface area contributed by atoms with Gasteiger partial charge in [0.25, 0.3) is 0 Å². The molecule has 100 valence electrons. The van der Waals surface area contributed by atoms with Crippen molar-refractivity contribution < 1.29 is 8.42 Å². The van der Waals surface area contributed by atoms with Crippen LogP contribution in [-0.2, 0) is 10.0 Å². The maximum absolute atomic E-state index is 12.3. The molecule has 0 aromatic heterocycles. The smallest absolute Gasteiger partial charge is 0.236 e. The summed E-state index contributed by atoms with van der Waals surface area (Å²) in [6, 6.07) is 7.61.